The van der Waals surface area contributed by atoms with Gasteiger partial charge >= 0.3 is 0 Å². The second kappa shape index (κ2) is 8.30. The second-order valence-corrected chi connectivity index (χ2v) is 8.50. The van der Waals surface area contributed by atoms with Gasteiger partial charge in [0.2, 0.25) is 0 Å². The molecule has 0 spiro atoms. The minimum absolute atomic E-state index is 0.228. The average molecular weight is 455 g/mol. The average Bonchev–Trinajstić information content (AvgIpc) is 3.46. The van der Waals surface area contributed by atoms with Crippen molar-refractivity contribution < 1.29 is 4.79 Å². The number of amides is 1. The van der Waals surface area contributed by atoms with Crippen LogP contribution in [0.15, 0.2) is 59.5 Å². The molecule has 0 saturated heterocycles. The number of carbonyl (C=O) groups excluding carboxylic acids is 1. The number of aromatic amines is 1. The lowest BCUT2D eigenvalue weighted by Crippen LogP contribution is -2.28. The summed E-state index contributed by atoms with van der Waals surface area (Å²) >= 11 is 0. The maximum atomic E-state index is 13.1. The first-order chi connectivity index (χ1) is 16.4. The molecule has 0 aliphatic heterocycles. The fourth-order valence-electron chi connectivity index (χ4n) is 4.34. The molecule has 8 heteroatoms. The summed E-state index contributed by atoms with van der Waals surface area (Å²) in [5.41, 5.74) is 3.93. The third-order valence-corrected chi connectivity index (χ3v) is 6.29. The van der Waals surface area contributed by atoms with Gasteiger partial charge in [-0.2, -0.15) is 10.2 Å². The van der Waals surface area contributed by atoms with Crippen LogP contribution in [0, 0.1) is 13.8 Å². The van der Waals surface area contributed by atoms with Gasteiger partial charge in [-0.3, -0.25) is 14.3 Å². The lowest BCUT2D eigenvalue weighted by molar-refractivity contribution is 0.0933. The summed E-state index contributed by atoms with van der Waals surface area (Å²) < 4.78 is 3.38. The molecule has 1 atom stereocenters. The van der Waals surface area contributed by atoms with Crippen LogP contribution >= 0.6 is 0 Å². The van der Waals surface area contributed by atoms with Crippen LogP contribution in [-0.4, -0.2) is 30.3 Å². The molecule has 8 nitrogen and oxygen atoms in total. The zero-order valence-corrected chi connectivity index (χ0v) is 19.6. The minimum Gasteiger partial charge on any atom is -0.342 e. The lowest BCUT2D eigenvalue weighted by Gasteiger charge is -2.10. The van der Waals surface area contributed by atoms with E-state index in [4.69, 9.17) is 0 Å². The number of benzene rings is 2. The summed E-state index contributed by atoms with van der Waals surface area (Å²) in [6.45, 7) is 8.28. The highest BCUT2D eigenvalue weighted by Gasteiger charge is 2.23. The van der Waals surface area contributed by atoms with E-state index in [9.17, 15) is 9.59 Å². The van der Waals surface area contributed by atoms with Crippen molar-refractivity contribution in [2.75, 3.05) is 0 Å². The van der Waals surface area contributed by atoms with Gasteiger partial charge in [0.25, 0.3) is 11.5 Å². The molecule has 3 aromatic heterocycles. The first-order valence-corrected chi connectivity index (χ1v) is 11.3. The monoisotopic (exact) mass is 454 g/mol. The molecule has 0 saturated carbocycles. The van der Waals surface area contributed by atoms with Crippen LogP contribution in [0.3, 0.4) is 0 Å². The van der Waals surface area contributed by atoms with Gasteiger partial charge in [0, 0.05) is 23.9 Å². The molecule has 1 unspecified atom stereocenters. The van der Waals surface area contributed by atoms with E-state index < -0.39 is 0 Å². The highest BCUT2D eigenvalue weighted by atomic mass is 16.2. The van der Waals surface area contributed by atoms with E-state index in [0.717, 1.165) is 34.3 Å². The van der Waals surface area contributed by atoms with Crippen molar-refractivity contribution in [2.45, 2.75) is 40.3 Å². The highest BCUT2D eigenvalue weighted by Crippen LogP contribution is 2.26. The Labute approximate surface area is 196 Å². The first kappa shape index (κ1) is 21.6. The number of H-pyrrole nitrogens is 1. The van der Waals surface area contributed by atoms with E-state index in [1.807, 2.05) is 80.2 Å². The molecule has 0 aliphatic rings. The maximum absolute atomic E-state index is 13.1. The number of aromatic nitrogens is 5. The Kier molecular flexibility index (Phi) is 5.28. The molecule has 34 heavy (non-hydrogen) atoms. The Morgan fingerprint density at radius 2 is 1.85 bits per heavy atom. The molecule has 0 fully saturated rings. The molecule has 5 aromatic rings. The van der Waals surface area contributed by atoms with Crippen molar-refractivity contribution in [2.24, 2.45) is 0 Å². The molecule has 0 radical (unpaired) electrons. The van der Waals surface area contributed by atoms with Crippen molar-refractivity contribution in [3.63, 3.8) is 0 Å². The molecule has 172 valence electrons. The van der Waals surface area contributed by atoms with Crippen LogP contribution in [0.1, 0.15) is 47.3 Å². The number of hydrogen-bond acceptors (Lipinski definition) is 4. The predicted molar refractivity (Wildman–Crippen MR) is 132 cm³/mol. The SMILES string of the molecule is CCn1ccc(C(C)NC(=O)c2nn3c(C)c(-c4ccc5ccccc5c4)[nH]c(=O)c3c2C)n1. The van der Waals surface area contributed by atoms with Gasteiger partial charge in [0.1, 0.15) is 5.52 Å². The zero-order chi connectivity index (χ0) is 24.0. The normalized spacial score (nSPS) is 12.4. The first-order valence-electron chi connectivity index (χ1n) is 11.3. The van der Waals surface area contributed by atoms with Crippen molar-refractivity contribution >= 4 is 22.2 Å². The van der Waals surface area contributed by atoms with Gasteiger partial charge in [0.15, 0.2) is 5.69 Å². The van der Waals surface area contributed by atoms with E-state index in [1.165, 1.54) is 0 Å². The minimum atomic E-state index is -0.342. The number of nitrogens with zero attached hydrogens (tertiary/aromatic N) is 4. The number of hydrogen-bond donors (Lipinski definition) is 2. The summed E-state index contributed by atoms with van der Waals surface area (Å²) in [7, 11) is 0. The molecule has 3 heterocycles. The Hall–Kier alpha value is -4.20. The Morgan fingerprint density at radius 1 is 1.09 bits per heavy atom. The largest absolute Gasteiger partial charge is 0.342 e. The summed E-state index contributed by atoms with van der Waals surface area (Å²) in [5.74, 6) is -0.342. The van der Waals surface area contributed by atoms with Gasteiger partial charge in [-0.25, -0.2) is 4.52 Å². The number of fused-ring (bicyclic) bond motifs is 2. The van der Waals surface area contributed by atoms with Crippen molar-refractivity contribution in [3.8, 4) is 11.3 Å². The Bertz CT molecular complexity index is 1610. The highest BCUT2D eigenvalue weighted by molar-refractivity contribution is 5.96. The molecular formula is C26H26N6O2. The zero-order valence-electron chi connectivity index (χ0n) is 19.6. The van der Waals surface area contributed by atoms with Crippen LogP contribution in [-0.2, 0) is 6.54 Å². The van der Waals surface area contributed by atoms with Crippen LogP contribution < -0.4 is 10.9 Å². The van der Waals surface area contributed by atoms with Gasteiger partial charge in [0.05, 0.1) is 23.1 Å². The quantitative estimate of drug-likeness (QED) is 0.417. The molecule has 2 aromatic carbocycles. The van der Waals surface area contributed by atoms with E-state index in [1.54, 1.807) is 11.4 Å². The smallest absolute Gasteiger partial charge is 0.274 e. The molecule has 2 N–H and O–H groups in total. The number of rotatable bonds is 5. The third-order valence-electron chi connectivity index (χ3n) is 6.29. The predicted octanol–water partition coefficient (Wildman–Crippen LogP) is 4.17. The van der Waals surface area contributed by atoms with E-state index in [0.29, 0.717) is 16.8 Å². The second-order valence-electron chi connectivity index (χ2n) is 8.50. The van der Waals surface area contributed by atoms with Crippen molar-refractivity contribution in [3.05, 3.63) is 87.7 Å². The van der Waals surface area contributed by atoms with Gasteiger partial charge in [-0.1, -0.05) is 36.4 Å². The standard InChI is InChI=1S/C26H26N6O2/c1-5-31-13-12-21(29-31)16(3)27-25(33)22-15(2)24-26(34)28-23(17(4)32(24)30-22)20-11-10-18-8-6-7-9-19(18)14-20/h6-14,16H,5H2,1-4H3,(H,27,33)(H,28,34). The van der Waals surface area contributed by atoms with Crippen molar-refractivity contribution in [1.29, 1.82) is 0 Å². The lowest BCUT2D eigenvalue weighted by atomic mass is 10.0. The Morgan fingerprint density at radius 3 is 2.59 bits per heavy atom. The van der Waals surface area contributed by atoms with Crippen LogP contribution in [0.25, 0.3) is 27.5 Å². The number of nitrogens with one attached hydrogen (secondary N) is 2. The fourth-order valence-corrected chi connectivity index (χ4v) is 4.34. The van der Waals surface area contributed by atoms with Gasteiger partial charge in [-0.15, -0.1) is 0 Å². The Balaban J connectivity index is 1.54. The number of aryl methyl sites for hydroxylation is 3. The van der Waals surface area contributed by atoms with Crippen LogP contribution in [0.5, 0.6) is 0 Å². The third kappa shape index (κ3) is 3.57. The number of carbonyl (C=O) groups is 1. The van der Waals surface area contributed by atoms with Crippen LogP contribution in [0.4, 0.5) is 0 Å². The summed E-state index contributed by atoms with van der Waals surface area (Å²) in [5, 5.41) is 14.2. The summed E-state index contributed by atoms with van der Waals surface area (Å²) in [6.07, 6.45) is 1.88. The molecular weight excluding hydrogens is 428 g/mol. The van der Waals surface area contributed by atoms with Crippen molar-refractivity contribution in [1.82, 2.24) is 29.7 Å². The van der Waals surface area contributed by atoms with E-state index in [-0.39, 0.29) is 23.2 Å². The van der Waals surface area contributed by atoms with E-state index >= 15 is 0 Å². The molecule has 5 rings (SSSR count). The topological polar surface area (TPSA) is 97.1 Å². The van der Waals surface area contributed by atoms with Crippen LogP contribution in [0.2, 0.25) is 0 Å². The summed E-state index contributed by atoms with van der Waals surface area (Å²) in [6, 6.07) is 15.7. The van der Waals surface area contributed by atoms with Gasteiger partial charge in [-0.05, 0) is 50.6 Å². The van der Waals surface area contributed by atoms with E-state index in [2.05, 4.69) is 20.5 Å². The summed E-state index contributed by atoms with van der Waals surface area (Å²) in [4.78, 5) is 29.2. The van der Waals surface area contributed by atoms with Gasteiger partial charge < -0.3 is 10.3 Å². The molecule has 1 amide bonds. The fraction of sp³-hybridized carbons (Fsp3) is 0.231. The maximum Gasteiger partial charge on any atom is 0.274 e. The molecule has 0 aliphatic carbocycles. The molecule has 0 bridgehead atoms.